The van der Waals surface area contributed by atoms with Gasteiger partial charge in [-0.15, -0.1) is 5.10 Å². The van der Waals surface area contributed by atoms with E-state index in [0.29, 0.717) is 17.3 Å². The maximum Gasteiger partial charge on any atom is 0.328 e. The predicted molar refractivity (Wildman–Crippen MR) is 92.2 cm³/mol. The molecule has 0 amide bonds. The van der Waals surface area contributed by atoms with Crippen LogP contribution in [0.5, 0.6) is 5.75 Å². The Kier molecular flexibility index (Phi) is 5.74. The van der Waals surface area contributed by atoms with Crippen molar-refractivity contribution in [3.8, 4) is 11.4 Å². The SMILES string of the molecule is COC(=O)C(Nc1c(C(C)=O)nnn1-c1ccc(OC)cc1)C(C)C. The summed E-state index contributed by atoms with van der Waals surface area (Å²) in [4.78, 5) is 24.0. The summed E-state index contributed by atoms with van der Waals surface area (Å²) < 4.78 is 11.5. The number of aromatic nitrogens is 3. The molecule has 1 aromatic heterocycles. The number of nitrogens with zero attached hydrogens (tertiary/aromatic N) is 3. The van der Waals surface area contributed by atoms with E-state index < -0.39 is 12.0 Å². The number of methoxy groups -OCH3 is 2. The molecular formula is C17H22N4O4. The van der Waals surface area contributed by atoms with Gasteiger partial charge in [-0.2, -0.15) is 4.68 Å². The predicted octanol–water partition coefficient (Wildman–Crippen LogP) is 2.09. The lowest BCUT2D eigenvalue weighted by Crippen LogP contribution is -2.36. The maximum atomic E-state index is 12.1. The Morgan fingerprint density at radius 2 is 1.80 bits per heavy atom. The van der Waals surface area contributed by atoms with E-state index in [9.17, 15) is 9.59 Å². The van der Waals surface area contributed by atoms with E-state index in [1.165, 1.54) is 18.7 Å². The number of hydrogen-bond donors (Lipinski definition) is 1. The highest BCUT2D eigenvalue weighted by Crippen LogP contribution is 2.23. The normalized spacial score (nSPS) is 11.9. The van der Waals surface area contributed by atoms with Gasteiger partial charge in [0.25, 0.3) is 0 Å². The van der Waals surface area contributed by atoms with E-state index in [1.54, 1.807) is 31.4 Å². The lowest BCUT2D eigenvalue weighted by Gasteiger charge is -2.21. The van der Waals surface area contributed by atoms with Crippen LogP contribution < -0.4 is 10.1 Å². The van der Waals surface area contributed by atoms with E-state index >= 15 is 0 Å². The number of Topliss-reactive ketones (excluding diaryl/α,β-unsaturated/α-hetero) is 1. The number of nitrogens with one attached hydrogen (secondary N) is 1. The summed E-state index contributed by atoms with van der Waals surface area (Å²) in [6, 6.07) is 6.47. The smallest absolute Gasteiger partial charge is 0.328 e. The molecule has 134 valence electrons. The molecule has 1 aromatic carbocycles. The lowest BCUT2D eigenvalue weighted by molar-refractivity contribution is -0.142. The Labute approximate surface area is 146 Å². The molecule has 1 N–H and O–H groups in total. The van der Waals surface area contributed by atoms with Crippen molar-refractivity contribution in [3.63, 3.8) is 0 Å². The second-order valence-corrected chi connectivity index (χ2v) is 5.84. The fraction of sp³-hybridized carbons (Fsp3) is 0.412. The molecule has 25 heavy (non-hydrogen) atoms. The summed E-state index contributed by atoms with van der Waals surface area (Å²) in [5.74, 6) is 0.301. The minimum Gasteiger partial charge on any atom is -0.497 e. The van der Waals surface area contributed by atoms with Crippen LogP contribution in [-0.4, -0.2) is 47.0 Å². The van der Waals surface area contributed by atoms with E-state index in [-0.39, 0.29) is 17.4 Å². The van der Waals surface area contributed by atoms with Gasteiger partial charge in [-0.3, -0.25) is 4.79 Å². The highest BCUT2D eigenvalue weighted by molar-refractivity contribution is 5.97. The number of rotatable bonds is 7. The summed E-state index contributed by atoms with van der Waals surface area (Å²) >= 11 is 0. The summed E-state index contributed by atoms with van der Waals surface area (Å²) in [6.07, 6.45) is 0. The van der Waals surface area contributed by atoms with Crippen molar-refractivity contribution < 1.29 is 19.1 Å². The molecule has 1 unspecified atom stereocenters. The van der Waals surface area contributed by atoms with Crippen LogP contribution in [0.3, 0.4) is 0 Å². The standard InChI is InChI=1S/C17H22N4O4/c1-10(2)14(17(23)25-5)18-16-15(11(3)22)19-20-21(16)12-6-8-13(24-4)9-7-12/h6-10,14,18H,1-5H3. The number of ether oxygens (including phenoxy) is 2. The van der Waals surface area contributed by atoms with Gasteiger partial charge in [0, 0.05) is 6.92 Å². The number of carbonyl (C=O) groups excluding carboxylic acids is 2. The Morgan fingerprint density at radius 3 is 2.28 bits per heavy atom. The van der Waals surface area contributed by atoms with Crippen molar-refractivity contribution in [2.45, 2.75) is 26.8 Å². The fourth-order valence-electron chi connectivity index (χ4n) is 2.32. The number of ketones is 1. The molecule has 0 bridgehead atoms. The van der Waals surface area contributed by atoms with E-state index in [0.717, 1.165) is 0 Å². The maximum absolute atomic E-state index is 12.1. The van der Waals surface area contributed by atoms with Crippen LogP contribution in [0.4, 0.5) is 5.82 Å². The fourth-order valence-corrected chi connectivity index (χ4v) is 2.32. The first-order chi connectivity index (χ1) is 11.9. The molecule has 2 aromatic rings. The van der Waals surface area contributed by atoms with Crippen molar-refractivity contribution in [2.75, 3.05) is 19.5 Å². The highest BCUT2D eigenvalue weighted by Gasteiger charge is 2.27. The molecule has 8 nitrogen and oxygen atoms in total. The number of esters is 1. The van der Waals surface area contributed by atoms with Gasteiger partial charge < -0.3 is 14.8 Å². The first kappa shape index (κ1) is 18.4. The summed E-state index contributed by atoms with van der Waals surface area (Å²) in [5.41, 5.74) is 0.834. The molecule has 1 atom stereocenters. The zero-order valence-electron chi connectivity index (χ0n) is 14.9. The number of benzene rings is 1. The van der Waals surface area contributed by atoms with Crippen molar-refractivity contribution in [1.29, 1.82) is 0 Å². The van der Waals surface area contributed by atoms with Crippen LogP contribution in [0.1, 0.15) is 31.3 Å². The Morgan fingerprint density at radius 1 is 1.16 bits per heavy atom. The minimum absolute atomic E-state index is 0.0634. The summed E-state index contributed by atoms with van der Waals surface area (Å²) in [6.45, 7) is 5.16. The second-order valence-electron chi connectivity index (χ2n) is 5.84. The average Bonchev–Trinajstić information content (AvgIpc) is 3.02. The molecule has 0 radical (unpaired) electrons. The molecule has 2 rings (SSSR count). The van der Waals surface area contributed by atoms with E-state index in [4.69, 9.17) is 9.47 Å². The first-order valence-corrected chi connectivity index (χ1v) is 7.84. The van der Waals surface area contributed by atoms with Gasteiger partial charge in [-0.1, -0.05) is 19.1 Å². The Balaban J connectivity index is 2.48. The Bertz CT molecular complexity index is 753. The third-order valence-corrected chi connectivity index (χ3v) is 3.73. The number of hydrogen-bond acceptors (Lipinski definition) is 7. The van der Waals surface area contributed by atoms with E-state index in [1.807, 2.05) is 13.8 Å². The summed E-state index contributed by atoms with van der Waals surface area (Å²) in [5, 5.41) is 11.1. The number of anilines is 1. The molecular weight excluding hydrogens is 324 g/mol. The molecule has 1 heterocycles. The monoisotopic (exact) mass is 346 g/mol. The van der Waals surface area contributed by atoms with Gasteiger partial charge in [-0.25, -0.2) is 4.79 Å². The second kappa shape index (κ2) is 7.78. The van der Waals surface area contributed by atoms with Gasteiger partial charge >= 0.3 is 5.97 Å². The van der Waals surface area contributed by atoms with Crippen LogP contribution in [0.25, 0.3) is 5.69 Å². The third-order valence-electron chi connectivity index (χ3n) is 3.73. The van der Waals surface area contributed by atoms with Crippen molar-refractivity contribution in [3.05, 3.63) is 30.0 Å². The van der Waals surface area contributed by atoms with Crippen LogP contribution >= 0.6 is 0 Å². The molecule has 0 fully saturated rings. The quantitative estimate of drug-likeness (QED) is 0.606. The molecule has 0 aliphatic heterocycles. The molecule has 0 saturated carbocycles. The minimum atomic E-state index is -0.640. The van der Waals surface area contributed by atoms with Crippen LogP contribution in [0, 0.1) is 5.92 Å². The van der Waals surface area contributed by atoms with Crippen molar-refractivity contribution in [1.82, 2.24) is 15.0 Å². The zero-order chi connectivity index (χ0) is 18.6. The zero-order valence-corrected chi connectivity index (χ0v) is 14.9. The third kappa shape index (κ3) is 3.96. The van der Waals surface area contributed by atoms with Crippen LogP contribution in [0.15, 0.2) is 24.3 Å². The highest BCUT2D eigenvalue weighted by atomic mass is 16.5. The van der Waals surface area contributed by atoms with Crippen LogP contribution in [0.2, 0.25) is 0 Å². The summed E-state index contributed by atoms with van der Waals surface area (Å²) in [7, 11) is 2.90. The molecule has 0 saturated heterocycles. The number of carbonyl (C=O) groups is 2. The Hall–Kier alpha value is -2.90. The molecule has 8 heteroatoms. The van der Waals surface area contributed by atoms with Gasteiger partial charge in [0.15, 0.2) is 17.3 Å². The topological polar surface area (TPSA) is 95.3 Å². The average molecular weight is 346 g/mol. The van der Waals surface area contributed by atoms with Gasteiger partial charge in [0.1, 0.15) is 11.8 Å². The molecule has 0 aliphatic carbocycles. The van der Waals surface area contributed by atoms with Gasteiger partial charge in [0.05, 0.1) is 19.9 Å². The largest absolute Gasteiger partial charge is 0.497 e. The lowest BCUT2D eigenvalue weighted by atomic mass is 10.0. The van der Waals surface area contributed by atoms with Gasteiger partial charge in [-0.05, 0) is 30.2 Å². The first-order valence-electron chi connectivity index (χ1n) is 7.84. The van der Waals surface area contributed by atoms with Gasteiger partial charge in [0.2, 0.25) is 0 Å². The molecule has 0 aliphatic rings. The van der Waals surface area contributed by atoms with Crippen molar-refractivity contribution >= 4 is 17.6 Å². The van der Waals surface area contributed by atoms with Crippen LogP contribution in [-0.2, 0) is 9.53 Å². The van der Waals surface area contributed by atoms with E-state index in [2.05, 4.69) is 15.6 Å². The van der Waals surface area contributed by atoms with Crippen molar-refractivity contribution in [2.24, 2.45) is 5.92 Å². The molecule has 0 spiro atoms.